The van der Waals surface area contributed by atoms with Gasteiger partial charge in [0.15, 0.2) is 0 Å². The monoisotopic (exact) mass is 263 g/mol. The molecule has 0 heterocycles. The van der Waals surface area contributed by atoms with Gasteiger partial charge in [0, 0.05) is 0 Å². The second-order valence-electron chi connectivity index (χ2n) is 2.68. The first-order valence-corrected chi connectivity index (χ1v) is 7.10. The molecule has 90 valence electrons. The van der Waals surface area contributed by atoms with Gasteiger partial charge in [-0.1, -0.05) is 0 Å². The van der Waals surface area contributed by atoms with Crippen molar-refractivity contribution in [1.82, 2.24) is 4.90 Å². The summed E-state index contributed by atoms with van der Waals surface area (Å²) in [6.45, 7) is -0.591. The standard InChI is InChI=1S/C4H11NO8P2/c6-4-13-1-5(2-14(7,8)9)3-15(10,11)12/h4H,1-3H2,(H2,7,8,9)(H2,10,11,12). The summed E-state index contributed by atoms with van der Waals surface area (Å²) in [6, 6.07) is 0. The Morgan fingerprint density at radius 2 is 1.47 bits per heavy atom. The van der Waals surface area contributed by atoms with Crippen LogP contribution in [0.1, 0.15) is 0 Å². The maximum atomic E-state index is 10.5. The van der Waals surface area contributed by atoms with Crippen molar-refractivity contribution in [2.24, 2.45) is 0 Å². The fraction of sp³-hybridized carbons (Fsp3) is 0.750. The molecular weight excluding hydrogens is 252 g/mol. The molecule has 15 heavy (non-hydrogen) atoms. The van der Waals surface area contributed by atoms with Crippen molar-refractivity contribution in [3.63, 3.8) is 0 Å². The number of nitrogens with zero attached hydrogens (tertiary/aromatic N) is 1. The van der Waals surface area contributed by atoms with Crippen LogP contribution in [0.2, 0.25) is 0 Å². The molecule has 9 nitrogen and oxygen atoms in total. The highest BCUT2D eigenvalue weighted by atomic mass is 31.2. The van der Waals surface area contributed by atoms with E-state index in [1.54, 1.807) is 0 Å². The predicted octanol–water partition coefficient (Wildman–Crippen LogP) is -1.31. The van der Waals surface area contributed by atoms with Gasteiger partial charge in [0.05, 0.1) is 0 Å². The third-order valence-corrected chi connectivity index (χ3v) is 2.63. The number of hydrogen-bond donors (Lipinski definition) is 4. The highest BCUT2D eigenvalue weighted by Crippen LogP contribution is 2.40. The van der Waals surface area contributed by atoms with Crippen molar-refractivity contribution in [2.75, 3.05) is 19.3 Å². The molecule has 0 fully saturated rings. The summed E-state index contributed by atoms with van der Waals surface area (Å²) in [5.74, 6) is 0. The summed E-state index contributed by atoms with van der Waals surface area (Å²) in [4.78, 5) is 44.7. The van der Waals surface area contributed by atoms with Crippen LogP contribution in [0.3, 0.4) is 0 Å². The minimum absolute atomic E-state index is 0.00630. The van der Waals surface area contributed by atoms with E-state index in [1.165, 1.54) is 0 Å². The van der Waals surface area contributed by atoms with E-state index in [9.17, 15) is 13.9 Å². The Morgan fingerprint density at radius 1 is 1.07 bits per heavy atom. The van der Waals surface area contributed by atoms with Crippen LogP contribution in [0, 0.1) is 0 Å². The normalized spacial score (nSPS) is 12.9. The van der Waals surface area contributed by atoms with Crippen molar-refractivity contribution in [3.8, 4) is 0 Å². The Bertz CT molecular complexity index is 269. The molecule has 0 aliphatic carbocycles. The lowest BCUT2D eigenvalue weighted by atomic mass is 10.9. The second-order valence-corrected chi connectivity index (χ2v) is 5.90. The third kappa shape index (κ3) is 10.0. The molecule has 0 saturated heterocycles. The first-order valence-electron chi connectivity index (χ1n) is 3.51. The van der Waals surface area contributed by atoms with Crippen LogP contribution in [0.25, 0.3) is 0 Å². The maximum absolute atomic E-state index is 10.5. The van der Waals surface area contributed by atoms with Gasteiger partial charge < -0.3 is 24.3 Å². The molecule has 0 bridgehead atoms. The molecule has 0 aliphatic rings. The lowest BCUT2D eigenvalue weighted by Gasteiger charge is -2.21. The summed E-state index contributed by atoms with van der Waals surface area (Å²) >= 11 is 0. The fourth-order valence-electron chi connectivity index (χ4n) is 0.783. The summed E-state index contributed by atoms with van der Waals surface area (Å²) in [7, 11) is -8.92. The van der Waals surface area contributed by atoms with Crippen LogP contribution in [-0.4, -0.2) is 50.2 Å². The van der Waals surface area contributed by atoms with Crippen molar-refractivity contribution < 1.29 is 38.2 Å². The maximum Gasteiger partial charge on any atom is 0.339 e. The summed E-state index contributed by atoms with van der Waals surface area (Å²) in [5, 5.41) is 0. The zero-order valence-electron chi connectivity index (χ0n) is 7.46. The van der Waals surface area contributed by atoms with Crippen LogP contribution in [0.5, 0.6) is 0 Å². The first kappa shape index (κ1) is 14.7. The van der Waals surface area contributed by atoms with E-state index in [2.05, 4.69) is 4.74 Å². The molecule has 0 aromatic rings. The number of carbonyl (C=O) groups is 1. The Labute approximate surface area is 85.0 Å². The lowest BCUT2D eigenvalue weighted by Crippen LogP contribution is -2.28. The largest absolute Gasteiger partial charge is 0.452 e. The fourth-order valence-corrected chi connectivity index (χ4v) is 2.35. The van der Waals surface area contributed by atoms with Crippen molar-refractivity contribution in [3.05, 3.63) is 0 Å². The highest BCUT2D eigenvalue weighted by molar-refractivity contribution is 7.52. The van der Waals surface area contributed by atoms with Crippen LogP contribution in [0.4, 0.5) is 0 Å². The lowest BCUT2D eigenvalue weighted by molar-refractivity contribution is -0.132. The molecule has 11 heteroatoms. The Balaban J connectivity index is 4.38. The van der Waals surface area contributed by atoms with E-state index in [1.807, 2.05) is 0 Å². The van der Waals surface area contributed by atoms with Gasteiger partial charge in [-0.25, -0.2) is 4.90 Å². The number of ether oxygens (including phenoxy) is 1. The van der Waals surface area contributed by atoms with Crippen LogP contribution in [-0.2, 0) is 18.7 Å². The number of carbonyl (C=O) groups excluding carboxylic acids is 1. The van der Waals surface area contributed by atoms with Gasteiger partial charge in [-0.15, -0.1) is 0 Å². The molecule has 4 N–H and O–H groups in total. The minimum Gasteiger partial charge on any atom is -0.452 e. The molecule has 0 atom stereocenters. The molecule has 0 unspecified atom stereocenters. The van der Waals surface area contributed by atoms with Gasteiger partial charge in [0.2, 0.25) is 0 Å². The van der Waals surface area contributed by atoms with E-state index in [0.717, 1.165) is 0 Å². The molecule has 0 aromatic carbocycles. The molecule has 0 amide bonds. The van der Waals surface area contributed by atoms with E-state index >= 15 is 0 Å². The third-order valence-electron chi connectivity index (χ3n) is 1.09. The minimum atomic E-state index is -4.46. The van der Waals surface area contributed by atoms with Gasteiger partial charge in [-0.05, 0) is 0 Å². The van der Waals surface area contributed by atoms with Crippen molar-refractivity contribution >= 4 is 21.7 Å². The molecule has 0 aromatic heterocycles. The summed E-state index contributed by atoms with van der Waals surface area (Å²) in [5.41, 5.74) is 0. The molecule has 0 rings (SSSR count). The van der Waals surface area contributed by atoms with E-state index < -0.39 is 34.5 Å². The summed E-state index contributed by atoms with van der Waals surface area (Å²) < 4.78 is 25.2. The van der Waals surface area contributed by atoms with Crippen molar-refractivity contribution in [2.45, 2.75) is 0 Å². The first-order chi connectivity index (χ1) is 6.64. The molecular formula is C4H11NO8P2. The predicted molar refractivity (Wildman–Crippen MR) is 47.7 cm³/mol. The Hall–Kier alpha value is -0.270. The topological polar surface area (TPSA) is 145 Å². The molecule has 0 radical (unpaired) electrons. The average molecular weight is 263 g/mol. The highest BCUT2D eigenvalue weighted by Gasteiger charge is 2.25. The zero-order valence-corrected chi connectivity index (χ0v) is 9.25. The van der Waals surface area contributed by atoms with Gasteiger partial charge in [0.25, 0.3) is 6.47 Å². The van der Waals surface area contributed by atoms with E-state index in [4.69, 9.17) is 19.6 Å². The SMILES string of the molecule is O=COCN(CP(=O)(O)O)CP(=O)(O)O. The molecule has 0 saturated carbocycles. The van der Waals surface area contributed by atoms with Crippen LogP contribution in [0.15, 0.2) is 0 Å². The van der Waals surface area contributed by atoms with Crippen LogP contribution < -0.4 is 0 Å². The molecule has 0 aliphatic heterocycles. The average Bonchev–Trinajstić information content (AvgIpc) is 1.94. The zero-order chi connectivity index (χ0) is 12.1. The van der Waals surface area contributed by atoms with Gasteiger partial charge in [0.1, 0.15) is 19.3 Å². The smallest absolute Gasteiger partial charge is 0.339 e. The quantitative estimate of drug-likeness (QED) is 0.250. The van der Waals surface area contributed by atoms with E-state index in [0.29, 0.717) is 4.90 Å². The van der Waals surface area contributed by atoms with Crippen LogP contribution >= 0.6 is 15.2 Å². The Kier molecular flexibility index (Phi) is 5.61. The van der Waals surface area contributed by atoms with Gasteiger partial charge in [-0.2, -0.15) is 0 Å². The number of rotatable bonds is 7. The Morgan fingerprint density at radius 3 is 1.73 bits per heavy atom. The van der Waals surface area contributed by atoms with Gasteiger partial charge >= 0.3 is 15.2 Å². The molecule has 0 spiro atoms. The summed E-state index contributed by atoms with van der Waals surface area (Å²) in [6.07, 6.45) is -1.79. The van der Waals surface area contributed by atoms with Crippen molar-refractivity contribution in [1.29, 1.82) is 0 Å². The number of hydrogen-bond acceptors (Lipinski definition) is 5. The van der Waals surface area contributed by atoms with E-state index in [-0.39, 0.29) is 6.47 Å². The van der Waals surface area contributed by atoms with Gasteiger partial charge in [-0.3, -0.25) is 13.9 Å². The second kappa shape index (κ2) is 5.72.